The number of fused-ring (bicyclic) bond motifs is 1. The lowest BCUT2D eigenvalue weighted by molar-refractivity contribution is 0.415. The van der Waals surface area contributed by atoms with E-state index in [0.717, 1.165) is 45.6 Å². The van der Waals surface area contributed by atoms with E-state index in [1.165, 1.54) is 0 Å². The predicted molar refractivity (Wildman–Crippen MR) is 108 cm³/mol. The zero-order valence-corrected chi connectivity index (χ0v) is 15.4. The number of rotatable bonds is 5. The van der Waals surface area contributed by atoms with E-state index in [1.807, 2.05) is 60.8 Å². The molecule has 0 amide bonds. The minimum Gasteiger partial charge on any atom is -0.497 e. The number of benzene rings is 2. The molecular weight excluding hydrogens is 338 g/mol. The van der Waals surface area contributed by atoms with E-state index in [4.69, 9.17) is 9.15 Å². The fourth-order valence-electron chi connectivity index (χ4n) is 3.38. The molecule has 0 saturated carbocycles. The highest BCUT2D eigenvalue weighted by molar-refractivity contribution is 6.02. The molecule has 4 rings (SSSR count). The SMILES string of the molecule is CCCn1cc(-c2c(-c3ccccc3)oc3ccc(OC)cc23)ccc1=O. The van der Waals surface area contributed by atoms with Gasteiger partial charge in [-0.05, 0) is 30.7 Å². The smallest absolute Gasteiger partial charge is 0.250 e. The Labute approximate surface area is 157 Å². The zero-order valence-electron chi connectivity index (χ0n) is 15.4. The van der Waals surface area contributed by atoms with Gasteiger partial charge in [0, 0.05) is 40.9 Å². The van der Waals surface area contributed by atoms with Gasteiger partial charge in [0.15, 0.2) is 0 Å². The van der Waals surface area contributed by atoms with Gasteiger partial charge in [0.05, 0.1) is 7.11 Å². The molecule has 0 bridgehead atoms. The number of pyridine rings is 1. The molecule has 0 N–H and O–H groups in total. The summed E-state index contributed by atoms with van der Waals surface area (Å²) >= 11 is 0. The highest BCUT2D eigenvalue weighted by atomic mass is 16.5. The van der Waals surface area contributed by atoms with Gasteiger partial charge in [0.2, 0.25) is 0 Å². The molecule has 27 heavy (non-hydrogen) atoms. The van der Waals surface area contributed by atoms with E-state index in [9.17, 15) is 4.79 Å². The van der Waals surface area contributed by atoms with E-state index in [1.54, 1.807) is 17.7 Å². The monoisotopic (exact) mass is 359 g/mol. The van der Waals surface area contributed by atoms with Gasteiger partial charge in [-0.25, -0.2) is 0 Å². The molecule has 2 aromatic carbocycles. The summed E-state index contributed by atoms with van der Waals surface area (Å²) in [5.74, 6) is 1.56. The lowest BCUT2D eigenvalue weighted by atomic mass is 9.99. The Morgan fingerprint density at radius 1 is 1.00 bits per heavy atom. The molecule has 0 spiro atoms. The van der Waals surface area contributed by atoms with Crippen LogP contribution in [0.1, 0.15) is 13.3 Å². The molecule has 0 aliphatic heterocycles. The molecule has 4 nitrogen and oxygen atoms in total. The number of hydrogen-bond donors (Lipinski definition) is 0. The van der Waals surface area contributed by atoms with Crippen molar-refractivity contribution in [2.45, 2.75) is 19.9 Å². The first-order valence-corrected chi connectivity index (χ1v) is 9.08. The fraction of sp³-hybridized carbons (Fsp3) is 0.174. The highest BCUT2D eigenvalue weighted by Crippen LogP contribution is 2.41. The van der Waals surface area contributed by atoms with Gasteiger partial charge in [-0.15, -0.1) is 0 Å². The summed E-state index contributed by atoms with van der Waals surface area (Å²) in [4.78, 5) is 12.2. The molecule has 4 aromatic rings. The Bertz CT molecular complexity index is 1140. The van der Waals surface area contributed by atoms with Crippen LogP contribution in [0.25, 0.3) is 33.4 Å². The van der Waals surface area contributed by atoms with Crippen LogP contribution in [0, 0.1) is 0 Å². The number of nitrogens with zero attached hydrogens (tertiary/aromatic N) is 1. The number of furan rings is 1. The lowest BCUT2D eigenvalue weighted by Gasteiger charge is -2.08. The predicted octanol–water partition coefficient (Wildman–Crippen LogP) is 5.35. The fourth-order valence-corrected chi connectivity index (χ4v) is 3.38. The van der Waals surface area contributed by atoms with Gasteiger partial charge in [-0.1, -0.05) is 37.3 Å². The van der Waals surface area contributed by atoms with Crippen LogP contribution >= 0.6 is 0 Å². The number of ether oxygens (including phenoxy) is 1. The molecule has 0 aliphatic carbocycles. The van der Waals surface area contributed by atoms with Crippen LogP contribution in [0.3, 0.4) is 0 Å². The van der Waals surface area contributed by atoms with Crippen molar-refractivity contribution in [3.05, 3.63) is 77.2 Å². The molecule has 0 saturated heterocycles. The van der Waals surface area contributed by atoms with Crippen molar-refractivity contribution in [1.29, 1.82) is 0 Å². The molecule has 4 heteroatoms. The van der Waals surface area contributed by atoms with Crippen molar-refractivity contribution in [1.82, 2.24) is 4.57 Å². The maximum Gasteiger partial charge on any atom is 0.250 e. The Kier molecular flexibility index (Phi) is 4.55. The maximum absolute atomic E-state index is 12.2. The second kappa shape index (κ2) is 7.16. The van der Waals surface area contributed by atoms with E-state index in [-0.39, 0.29) is 5.56 Å². The average Bonchev–Trinajstić information content (AvgIpc) is 3.09. The van der Waals surface area contributed by atoms with Crippen LogP contribution in [0.2, 0.25) is 0 Å². The highest BCUT2D eigenvalue weighted by Gasteiger charge is 2.19. The third kappa shape index (κ3) is 3.14. The van der Waals surface area contributed by atoms with Crippen LogP contribution in [0.15, 0.2) is 76.1 Å². The molecule has 136 valence electrons. The molecule has 0 aliphatic rings. The Hall–Kier alpha value is -3.27. The molecule has 0 fully saturated rings. The first-order valence-electron chi connectivity index (χ1n) is 9.08. The van der Waals surface area contributed by atoms with Crippen molar-refractivity contribution >= 4 is 11.0 Å². The molecule has 0 atom stereocenters. The maximum atomic E-state index is 12.2. The molecule has 0 radical (unpaired) electrons. The van der Waals surface area contributed by atoms with Crippen LogP contribution in [-0.2, 0) is 6.54 Å². The van der Waals surface area contributed by atoms with Crippen molar-refractivity contribution < 1.29 is 9.15 Å². The van der Waals surface area contributed by atoms with Crippen LogP contribution < -0.4 is 10.3 Å². The van der Waals surface area contributed by atoms with E-state index in [0.29, 0.717) is 6.54 Å². The van der Waals surface area contributed by atoms with Crippen LogP contribution in [0.5, 0.6) is 5.75 Å². The minimum absolute atomic E-state index is 0.00671. The first-order chi connectivity index (χ1) is 13.2. The van der Waals surface area contributed by atoms with Crippen LogP contribution in [-0.4, -0.2) is 11.7 Å². The van der Waals surface area contributed by atoms with Gasteiger partial charge < -0.3 is 13.7 Å². The normalized spacial score (nSPS) is 11.0. The topological polar surface area (TPSA) is 44.4 Å². The summed E-state index contributed by atoms with van der Waals surface area (Å²) in [6.07, 6.45) is 2.82. The van der Waals surface area contributed by atoms with Gasteiger partial charge >= 0.3 is 0 Å². The molecule has 2 aromatic heterocycles. The Balaban J connectivity index is 2.02. The van der Waals surface area contributed by atoms with E-state index < -0.39 is 0 Å². The third-order valence-corrected chi connectivity index (χ3v) is 4.67. The van der Waals surface area contributed by atoms with Crippen molar-refractivity contribution in [3.63, 3.8) is 0 Å². The summed E-state index contributed by atoms with van der Waals surface area (Å²) in [7, 11) is 1.65. The summed E-state index contributed by atoms with van der Waals surface area (Å²) in [6.45, 7) is 2.75. The second-order valence-corrected chi connectivity index (χ2v) is 6.48. The first kappa shape index (κ1) is 17.2. The average molecular weight is 359 g/mol. The third-order valence-electron chi connectivity index (χ3n) is 4.67. The summed E-state index contributed by atoms with van der Waals surface area (Å²) < 4.78 is 13.4. The Morgan fingerprint density at radius 3 is 2.56 bits per heavy atom. The van der Waals surface area contributed by atoms with E-state index >= 15 is 0 Å². The van der Waals surface area contributed by atoms with E-state index in [2.05, 4.69) is 6.92 Å². The quantitative estimate of drug-likeness (QED) is 0.483. The largest absolute Gasteiger partial charge is 0.497 e. The summed E-state index contributed by atoms with van der Waals surface area (Å²) in [5, 5.41) is 0.968. The standard InChI is InChI=1S/C23H21NO3/c1-3-13-24-15-17(9-12-21(24)25)22-19-14-18(26-2)10-11-20(19)27-23(22)16-7-5-4-6-8-16/h4-12,14-15H,3,13H2,1-2H3. The Morgan fingerprint density at radius 2 is 1.81 bits per heavy atom. The number of aromatic nitrogens is 1. The van der Waals surface area contributed by atoms with Crippen LogP contribution in [0.4, 0.5) is 0 Å². The number of aryl methyl sites for hydroxylation is 1. The van der Waals surface area contributed by atoms with Gasteiger partial charge in [-0.2, -0.15) is 0 Å². The number of methoxy groups -OCH3 is 1. The van der Waals surface area contributed by atoms with Gasteiger partial charge in [-0.3, -0.25) is 4.79 Å². The minimum atomic E-state index is 0.00671. The lowest BCUT2D eigenvalue weighted by Crippen LogP contribution is -2.18. The summed E-state index contributed by atoms with van der Waals surface area (Å²) in [5.41, 5.74) is 3.72. The number of hydrogen-bond acceptors (Lipinski definition) is 3. The zero-order chi connectivity index (χ0) is 18.8. The molecule has 0 unspecified atom stereocenters. The van der Waals surface area contributed by atoms with Gasteiger partial charge in [0.25, 0.3) is 5.56 Å². The molecular formula is C23H21NO3. The molecule has 2 heterocycles. The van der Waals surface area contributed by atoms with Crippen molar-refractivity contribution in [2.24, 2.45) is 0 Å². The van der Waals surface area contributed by atoms with Gasteiger partial charge in [0.1, 0.15) is 17.1 Å². The van der Waals surface area contributed by atoms with Crippen molar-refractivity contribution in [2.75, 3.05) is 7.11 Å². The van der Waals surface area contributed by atoms with Crippen molar-refractivity contribution in [3.8, 4) is 28.2 Å². The summed E-state index contributed by atoms with van der Waals surface area (Å²) in [6, 6.07) is 19.3. The second-order valence-electron chi connectivity index (χ2n) is 6.48.